The number of anilines is 1. The highest BCUT2D eigenvalue weighted by molar-refractivity contribution is 5.88. The van der Waals surface area contributed by atoms with Crippen LogP contribution in [0.3, 0.4) is 0 Å². The third-order valence-corrected chi connectivity index (χ3v) is 3.08. The second-order valence-corrected chi connectivity index (χ2v) is 4.68. The van der Waals surface area contributed by atoms with Crippen LogP contribution in [0.25, 0.3) is 16.9 Å². The Kier molecular flexibility index (Phi) is 3.13. The van der Waals surface area contributed by atoms with Gasteiger partial charge in [-0.1, -0.05) is 12.1 Å². The zero-order valence-corrected chi connectivity index (χ0v) is 11.4. The molecule has 0 saturated heterocycles. The molecule has 3 rings (SSSR count). The number of imidazole rings is 1. The predicted molar refractivity (Wildman–Crippen MR) is 79.6 cm³/mol. The number of hydrogen-bond acceptors (Lipinski definition) is 3. The number of carbonyl (C=O) groups excluding carboxylic acids is 1. The molecule has 0 spiro atoms. The van der Waals surface area contributed by atoms with Crippen molar-refractivity contribution in [2.75, 3.05) is 5.32 Å². The second-order valence-electron chi connectivity index (χ2n) is 4.68. The van der Waals surface area contributed by atoms with Crippen LogP contribution in [-0.4, -0.2) is 15.3 Å². The first-order chi connectivity index (χ1) is 10.2. The van der Waals surface area contributed by atoms with Crippen molar-refractivity contribution < 1.29 is 4.79 Å². The molecule has 0 fully saturated rings. The van der Waals surface area contributed by atoms with Gasteiger partial charge in [0.25, 0.3) is 0 Å². The van der Waals surface area contributed by atoms with Crippen LogP contribution < -0.4 is 5.32 Å². The number of carbonyl (C=O) groups is 1. The summed E-state index contributed by atoms with van der Waals surface area (Å²) in [6, 6.07) is 13.0. The van der Waals surface area contributed by atoms with Crippen molar-refractivity contribution >= 4 is 17.2 Å². The van der Waals surface area contributed by atoms with Crippen LogP contribution in [0.5, 0.6) is 0 Å². The molecule has 1 aromatic carbocycles. The highest BCUT2D eigenvalue weighted by Crippen LogP contribution is 2.21. The monoisotopic (exact) mass is 276 g/mol. The lowest BCUT2D eigenvalue weighted by Gasteiger charge is -2.01. The van der Waals surface area contributed by atoms with E-state index >= 15 is 0 Å². The van der Waals surface area contributed by atoms with Gasteiger partial charge in [0.15, 0.2) is 0 Å². The number of nitrogens with one attached hydrogen (secondary N) is 1. The average Bonchev–Trinajstić information content (AvgIpc) is 2.90. The van der Waals surface area contributed by atoms with E-state index in [-0.39, 0.29) is 5.91 Å². The molecule has 2 heterocycles. The molecule has 2 aromatic heterocycles. The van der Waals surface area contributed by atoms with E-state index in [0.717, 1.165) is 22.6 Å². The summed E-state index contributed by atoms with van der Waals surface area (Å²) >= 11 is 0. The lowest BCUT2D eigenvalue weighted by Crippen LogP contribution is -2.06. The third kappa shape index (κ3) is 2.60. The van der Waals surface area contributed by atoms with Crippen molar-refractivity contribution in [3.63, 3.8) is 0 Å². The Hall–Kier alpha value is -3.13. The lowest BCUT2D eigenvalue weighted by molar-refractivity contribution is -0.114. The van der Waals surface area contributed by atoms with E-state index < -0.39 is 0 Å². The molecule has 0 unspecified atom stereocenters. The lowest BCUT2D eigenvalue weighted by atomic mass is 10.1. The largest absolute Gasteiger partial charge is 0.325 e. The Morgan fingerprint density at radius 3 is 2.62 bits per heavy atom. The van der Waals surface area contributed by atoms with E-state index in [0.29, 0.717) is 5.56 Å². The van der Waals surface area contributed by atoms with Gasteiger partial charge in [-0.2, -0.15) is 5.26 Å². The van der Waals surface area contributed by atoms with Gasteiger partial charge in [0.1, 0.15) is 5.65 Å². The standard InChI is InChI=1S/C16H12N4O/c1-11(21)18-14-6-7-16-19-15(10-20(16)9-14)13-4-2-12(8-17)3-5-13/h2-7,9-10H,1H3,(H,18,21). The summed E-state index contributed by atoms with van der Waals surface area (Å²) in [5.74, 6) is -0.109. The molecule has 0 bridgehead atoms. The second kappa shape index (κ2) is 5.10. The normalized spacial score (nSPS) is 10.3. The van der Waals surface area contributed by atoms with E-state index in [4.69, 9.17) is 5.26 Å². The summed E-state index contributed by atoms with van der Waals surface area (Å²) in [5, 5.41) is 11.5. The van der Waals surface area contributed by atoms with E-state index in [2.05, 4.69) is 16.4 Å². The molecule has 0 atom stereocenters. The van der Waals surface area contributed by atoms with Crippen LogP contribution >= 0.6 is 0 Å². The number of nitrogens with zero attached hydrogens (tertiary/aromatic N) is 3. The molecule has 21 heavy (non-hydrogen) atoms. The van der Waals surface area contributed by atoms with Gasteiger partial charge in [-0.05, 0) is 24.3 Å². The van der Waals surface area contributed by atoms with Crippen LogP contribution in [0.1, 0.15) is 12.5 Å². The van der Waals surface area contributed by atoms with Gasteiger partial charge < -0.3 is 9.72 Å². The topological polar surface area (TPSA) is 70.2 Å². The molecule has 0 aliphatic heterocycles. The van der Waals surface area contributed by atoms with Gasteiger partial charge in [-0.25, -0.2) is 4.98 Å². The molecule has 1 amide bonds. The molecule has 102 valence electrons. The first-order valence-electron chi connectivity index (χ1n) is 6.42. The molecule has 0 aliphatic carbocycles. The highest BCUT2D eigenvalue weighted by Gasteiger charge is 2.05. The van der Waals surface area contributed by atoms with Gasteiger partial charge >= 0.3 is 0 Å². The van der Waals surface area contributed by atoms with Crippen LogP contribution in [0.15, 0.2) is 48.8 Å². The summed E-state index contributed by atoms with van der Waals surface area (Å²) in [5.41, 5.74) is 3.90. The van der Waals surface area contributed by atoms with Crippen molar-refractivity contribution in [2.45, 2.75) is 6.92 Å². The smallest absolute Gasteiger partial charge is 0.221 e. The van der Waals surface area contributed by atoms with E-state index in [1.807, 2.05) is 41.1 Å². The molecular weight excluding hydrogens is 264 g/mol. The minimum absolute atomic E-state index is 0.109. The molecule has 5 nitrogen and oxygen atoms in total. The summed E-state index contributed by atoms with van der Waals surface area (Å²) in [6.07, 6.45) is 3.71. The van der Waals surface area contributed by atoms with Crippen LogP contribution in [0, 0.1) is 11.3 Å². The SMILES string of the molecule is CC(=O)Nc1ccc2nc(-c3ccc(C#N)cc3)cn2c1. The van der Waals surface area contributed by atoms with Gasteiger partial charge in [0.05, 0.1) is 23.0 Å². The maximum Gasteiger partial charge on any atom is 0.221 e. The Bertz CT molecular complexity index is 856. The molecule has 0 radical (unpaired) electrons. The fraction of sp³-hybridized carbons (Fsp3) is 0.0625. The quantitative estimate of drug-likeness (QED) is 0.782. The molecule has 3 aromatic rings. The summed E-state index contributed by atoms with van der Waals surface area (Å²) in [7, 11) is 0. The maximum atomic E-state index is 11.1. The summed E-state index contributed by atoms with van der Waals surface area (Å²) in [6.45, 7) is 1.47. The third-order valence-electron chi connectivity index (χ3n) is 3.08. The molecule has 0 aliphatic rings. The highest BCUT2D eigenvalue weighted by atomic mass is 16.1. The Morgan fingerprint density at radius 2 is 1.95 bits per heavy atom. The van der Waals surface area contributed by atoms with Crippen LogP contribution in [-0.2, 0) is 4.79 Å². The van der Waals surface area contributed by atoms with Crippen molar-refractivity contribution in [2.24, 2.45) is 0 Å². The number of pyridine rings is 1. The van der Waals surface area contributed by atoms with E-state index in [1.165, 1.54) is 6.92 Å². The number of nitriles is 1. The zero-order chi connectivity index (χ0) is 14.8. The number of benzene rings is 1. The zero-order valence-electron chi connectivity index (χ0n) is 11.4. The average molecular weight is 276 g/mol. The number of amides is 1. The fourth-order valence-corrected chi connectivity index (χ4v) is 2.12. The van der Waals surface area contributed by atoms with Crippen LogP contribution in [0.4, 0.5) is 5.69 Å². The minimum Gasteiger partial charge on any atom is -0.325 e. The van der Waals surface area contributed by atoms with Gasteiger partial charge in [0, 0.05) is 24.9 Å². The first kappa shape index (κ1) is 12.9. The summed E-state index contributed by atoms with van der Waals surface area (Å²) < 4.78 is 1.86. The Morgan fingerprint density at radius 1 is 1.19 bits per heavy atom. The van der Waals surface area contributed by atoms with Crippen molar-refractivity contribution in [1.29, 1.82) is 5.26 Å². The maximum absolute atomic E-state index is 11.1. The number of aromatic nitrogens is 2. The first-order valence-corrected chi connectivity index (χ1v) is 6.42. The minimum atomic E-state index is -0.109. The van der Waals surface area contributed by atoms with Crippen LogP contribution in [0.2, 0.25) is 0 Å². The number of hydrogen-bond donors (Lipinski definition) is 1. The fourth-order valence-electron chi connectivity index (χ4n) is 2.12. The van der Waals surface area contributed by atoms with Crippen molar-refractivity contribution in [1.82, 2.24) is 9.38 Å². The Balaban J connectivity index is 2.00. The molecule has 5 heteroatoms. The number of rotatable bonds is 2. The Labute approximate surface area is 121 Å². The van der Waals surface area contributed by atoms with E-state index in [9.17, 15) is 4.79 Å². The van der Waals surface area contributed by atoms with Crippen molar-refractivity contribution in [3.8, 4) is 17.3 Å². The number of fused-ring (bicyclic) bond motifs is 1. The molecule has 1 N–H and O–H groups in total. The molecular formula is C16H12N4O. The summed E-state index contributed by atoms with van der Waals surface area (Å²) in [4.78, 5) is 15.6. The van der Waals surface area contributed by atoms with Gasteiger partial charge in [-0.15, -0.1) is 0 Å². The molecule has 0 saturated carbocycles. The van der Waals surface area contributed by atoms with E-state index in [1.54, 1.807) is 12.1 Å². The predicted octanol–water partition coefficient (Wildman–Crippen LogP) is 2.83. The van der Waals surface area contributed by atoms with Crippen molar-refractivity contribution in [3.05, 3.63) is 54.4 Å². The van der Waals surface area contributed by atoms with Gasteiger partial charge in [0.2, 0.25) is 5.91 Å². The van der Waals surface area contributed by atoms with Gasteiger partial charge in [-0.3, -0.25) is 4.79 Å².